The van der Waals surface area contributed by atoms with Gasteiger partial charge in [-0.3, -0.25) is 14.2 Å². The summed E-state index contributed by atoms with van der Waals surface area (Å²) in [5.41, 5.74) is 0. The minimum atomic E-state index is -4.72. The Morgan fingerprint density at radius 1 is 0.414 bits per heavy atom. The number of esters is 1. The Morgan fingerprint density at radius 2 is 0.736 bits per heavy atom. The molecule has 3 atom stereocenters. The number of rotatable bonds is 61. The summed E-state index contributed by atoms with van der Waals surface area (Å²) in [6, 6.07) is -0.916. The van der Waals surface area contributed by atoms with Crippen LogP contribution in [0.3, 0.4) is 0 Å². The van der Waals surface area contributed by atoms with Crippen LogP contribution in [0.1, 0.15) is 265 Å². The van der Waals surface area contributed by atoms with Gasteiger partial charge in [0.15, 0.2) is 0 Å². The molecular weight excluding hydrogens is 1100 g/mol. The number of hydrogen-bond acceptors (Lipinski definition) is 7. The zero-order valence-electron chi connectivity index (χ0n) is 56.4. The second-order valence-corrected chi connectivity index (χ2v) is 25.3. The predicted octanol–water partition coefficient (Wildman–Crippen LogP) is 21.7. The SMILES string of the molecule is CC/C=C\C/C=C\C/C=C\C/C=C\C/C=C\C/C=C\CCCCCCCCC(=O)NC(COP(=O)([O-])OCC[N+](C)(C)C)C(/C=C/CCCCCCCCCCC)OC(=O)CCCCCCCC/C=C\C/C=C\C/C=C\C/C=C\C/C=C\C/C=C\CC. The van der Waals surface area contributed by atoms with Gasteiger partial charge < -0.3 is 28.5 Å². The summed E-state index contributed by atoms with van der Waals surface area (Å²) in [4.78, 5) is 40.2. The summed E-state index contributed by atoms with van der Waals surface area (Å²) < 4.78 is 30.4. The molecule has 0 saturated carbocycles. The highest BCUT2D eigenvalue weighted by molar-refractivity contribution is 7.45. The van der Waals surface area contributed by atoms with Gasteiger partial charge in [-0.05, 0) is 134 Å². The number of unbranched alkanes of at least 4 members (excludes halogenated alkanes) is 21. The van der Waals surface area contributed by atoms with Gasteiger partial charge in [0.05, 0.1) is 33.8 Å². The van der Waals surface area contributed by atoms with Gasteiger partial charge in [0.1, 0.15) is 19.3 Å². The number of phosphoric acid groups is 1. The normalized spacial score (nSPS) is 14.5. The Morgan fingerprint density at radius 3 is 1.10 bits per heavy atom. The highest BCUT2D eigenvalue weighted by Gasteiger charge is 2.27. The fraction of sp³-hybridized carbons (Fsp3) is 0.636. The van der Waals surface area contributed by atoms with Gasteiger partial charge in [0, 0.05) is 12.8 Å². The molecule has 0 spiro atoms. The number of carbonyl (C=O) groups excluding carboxylic acids is 2. The van der Waals surface area contributed by atoms with Crippen LogP contribution in [0.2, 0.25) is 0 Å². The topological polar surface area (TPSA) is 114 Å². The molecule has 0 radical (unpaired) electrons. The van der Waals surface area contributed by atoms with Gasteiger partial charge in [-0.1, -0.05) is 275 Å². The Bertz CT molecular complexity index is 2050. The molecule has 0 bridgehead atoms. The van der Waals surface area contributed by atoms with E-state index in [1.165, 1.54) is 44.9 Å². The summed E-state index contributed by atoms with van der Waals surface area (Å²) in [6.07, 6.45) is 95.0. The number of carbonyl (C=O) groups is 2. The van der Waals surface area contributed by atoms with Gasteiger partial charge in [0.25, 0.3) is 7.82 Å². The van der Waals surface area contributed by atoms with Gasteiger partial charge in [-0.25, -0.2) is 0 Å². The molecule has 1 amide bonds. The van der Waals surface area contributed by atoms with Crippen LogP contribution in [0.15, 0.2) is 158 Å². The fourth-order valence-electron chi connectivity index (χ4n) is 9.18. The number of hydrogen-bond donors (Lipinski definition) is 1. The molecule has 1 N–H and O–H groups in total. The molecule has 87 heavy (non-hydrogen) atoms. The molecule has 3 unspecified atom stereocenters. The van der Waals surface area contributed by atoms with Gasteiger partial charge in [-0.2, -0.15) is 0 Å². The summed E-state index contributed by atoms with van der Waals surface area (Å²) in [7, 11) is 1.14. The van der Waals surface area contributed by atoms with Gasteiger partial charge in [-0.15, -0.1) is 0 Å². The van der Waals surface area contributed by atoms with E-state index in [1.54, 1.807) is 0 Å². The largest absolute Gasteiger partial charge is 0.756 e. The van der Waals surface area contributed by atoms with Crippen molar-refractivity contribution >= 4 is 19.7 Å². The molecular formula is C77H129N2O7P. The number of nitrogens with zero attached hydrogens (tertiary/aromatic N) is 1. The summed E-state index contributed by atoms with van der Waals surface area (Å²) >= 11 is 0. The number of amides is 1. The second-order valence-electron chi connectivity index (χ2n) is 23.9. The minimum Gasteiger partial charge on any atom is -0.756 e. The van der Waals surface area contributed by atoms with Crippen molar-refractivity contribution in [2.45, 2.75) is 277 Å². The van der Waals surface area contributed by atoms with E-state index >= 15 is 0 Å². The third-order valence-corrected chi connectivity index (χ3v) is 15.4. The number of ether oxygens (including phenoxy) is 1. The molecule has 0 aliphatic carbocycles. The van der Waals surface area contributed by atoms with E-state index in [-0.39, 0.29) is 31.3 Å². The summed E-state index contributed by atoms with van der Waals surface area (Å²) in [5, 5.41) is 3.02. The van der Waals surface area contributed by atoms with Crippen LogP contribution in [0.5, 0.6) is 0 Å². The zero-order chi connectivity index (χ0) is 63.5. The number of allylic oxidation sites excluding steroid dienone is 25. The number of quaternary nitrogens is 1. The molecule has 0 aromatic rings. The van der Waals surface area contributed by atoms with Crippen molar-refractivity contribution in [2.75, 3.05) is 40.9 Å². The first kappa shape index (κ1) is 82.6. The first-order valence-corrected chi connectivity index (χ1v) is 36.3. The molecule has 10 heteroatoms. The molecule has 9 nitrogen and oxygen atoms in total. The molecule has 0 aliphatic rings. The molecule has 0 heterocycles. The van der Waals surface area contributed by atoms with E-state index < -0.39 is 26.6 Å². The molecule has 0 fully saturated rings. The molecule has 0 aliphatic heterocycles. The van der Waals surface area contributed by atoms with Crippen molar-refractivity contribution in [3.8, 4) is 0 Å². The van der Waals surface area contributed by atoms with E-state index in [9.17, 15) is 19.0 Å². The Hall–Kier alpha value is -4.37. The van der Waals surface area contributed by atoms with E-state index in [2.05, 4.69) is 172 Å². The second kappa shape index (κ2) is 64.6. The van der Waals surface area contributed by atoms with Gasteiger partial charge in [0.2, 0.25) is 5.91 Å². The molecule has 494 valence electrons. The lowest BCUT2D eigenvalue weighted by molar-refractivity contribution is -0.870. The monoisotopic (exact) mass is 1220 g/mol. The smallest absolute Gasteiger partial charge is 0.306 e. The third-order valence-electron chi connectivity index (χ3n) is 14.5. The predicted molar refractivity (Wildman–Crippen MR) is 376 cm³/mol. The van der Waals surface area contributed by atoms with Crippen molar-refractivity contribution in [2.24, 2.45) is 0 Å². The van der Waals surface area contributed by atoms with Crippen LogP contribution in [-0.2, 0) is 27.9 Å². The highest BCUT2D eigenvalue weighted by Crippen LogP contribution is 2.38. The summed E-state index contributed by atoms with van der Waals surface area (Å²) in [5.74, 6) is -0.586. The first-order chi connectivity index (χ1) is 42.4. The van der Waals surface area contributed by atoms with Crippen LogP contribution in [0.4, 0.5) is 0 Å². The lowest BCUT2D eigenvalue weighted by Gasteiger charge is -2.30. The standard InChI is InChI=1S/C77H129N2O7P/c1-7-10-13-16-19-22-25-27-29-31-33-35-37-39-41-43-45-47-49-51-54-57-60-63-66-69-76(80)78-74(73-85-87(82,83)84-72-71-79(4,5)6)75(68-65-62-59-56-53-24-21-18-15-12-9-3)86-77(81)70-67-64-61-58-55-52-50-48-46-44-42-40-38-36-34-32-30-28-26-23-20-17-14-11-8-2/h10-11,13-14,19-20,22-23,27-30,33-36,39-42,45-48,65,68,74-75H,7-9,12,15-18,21,24-26,31-32,37-38,43-44,49-64,66-67,69-73H2,1-6H3,(H-,78,80,82,83)/b13-10-,14-11-,22-19-,23-20-,29-27-,30-28-,35-33-,36-34-,41-39-,42-40-,47-45-,48-46-,68-65+. The van der Waals surface area contributed by atoms with Gasteiger partial charge >= 0.3 is 5.97 Å². The quantitative estimate of drug-likeness (QED) is 0.0212. The van der Waals surface area contributed by atoms with Crippen molar-refractivity contribution < 1.29 is 37.3 Å². The van der Waals surface area contributed by atoms with E-state index in [0.29, 0.717) is 23.9 Å². The van der Waals surface area contributed by atoms with Crippen LogP contribution in [0.25, 0.3) is 0 Å². The molecule has 0 saturated heterocycles. The average molecular weight is 1230 g/mol. The molecule has 0 aromatic carbocycles. The van der Waals surface area contributed by atoms with E-state index in [0.717, 1.165) is 173 Å². The van der Waals surface area contributed by atoms with Crippen molar-refractivity contribution in [1.82, 2.24) is 5.32 Å². The van der Waals surface area contributed by atoms with Crippen LogP contribution < -0.4 is 10.2 Å². The maximum Gasteiger partial charge on any atom is 0.306 e. The fourth-order valence-corrected chi connectivity index (χ4v) is 9.90. The average Bonchev–Trinajstić information content (AvgIpc) is 3.70. The highest BCUT2D eigenvalue weighted by atomic mass is 31.2. The minimum absolute atomic E-state index is 0.0374. The van der Waals surface area contributed by atoms with Crippen molar-refractivity contribution in [1.29, 1.82) is 0 Å². The number of phosphoric ester groups is 1. The van der Waals surface area contributed by atoms with E-state index in [1.807, 2.05) is 33.3 Å². The third kappa shape index (κ3) is 65.9. The van der Waals surface area contributed by atoms with Crippen LogP contribution >= 0.6 is 7.82 Å². The Balaban J connectivity index is 5.16. The first-order valence-electron chi connectivity index (χ1n) is 34.8. The van der Waals surface area contributed by atoms with Crippen molar-refractivity contribution in [3.05, 3.63) is 158 Å². The maximum atomic E-state index is 13.6. The van der Waals surface area contributed by atoms with Crippen molar-refractivity contribution in [3.63, 3.8) is 0 Å². The number of likely N-dealkylation sites (N-methyl/N-ethyl adjacent to an activating group) is 1. The molecule has 0 aromatic heterocycles. The lowest BCUT2D eigenvalue weighted by atomic mass is 10.1. The van der Waals surface area contributed by atoms with E-state index in [4.69, 9.17) is 13.8 Å². The number of nitrogens with one attached hydrogen (secondary N) is 1. The van der Waals surface area contributed by atoms with Crippen LogP contribution in [-0.4, -0.2) is 69.4 Å². The lowest BCUT2D eigenvalue weighted by Crippen LogP contribution is -2.47. The Labute approximate surface area is 535 Å². The van der Waals surface area contributed by atoms with Crippen LogP contribution in [0, 0.1) is 0 Å². The summed E-state index contributed by atoms with van der Waals surface area (Å²) in [6.45, 7) is 6.57. The Kier molecular flexibility index (Phi) is 61.4. The zero-order valence-corrected chi connectivity index (χ0v) is 57.3. The molecule has 0 rings (SSSR count). The maximum absolute atomic E-state index is 13.6.